The summed E-state index contributed by atoms with van der Waals surface area (Å²) in [5.74, 6) is 0.801. The first kappa shape index (κ1) is 12.3. The molecule has 1 aromatic carbocycles. The van der Waals surface area contributed by atoms with E-state index in [0.717, 1.165) is 29.2 Å². The van der Waals surface area contributed by atoms with Gasteiger partial charge in [-0.25, -0.2) is 0 Å². The highest BCUT2D eigenvalue weighted by Gasteiger charge is 2.12. The predicted octanol–water partition coefficient (Wildman–Crippen LogP) is 3.41. The summed E-state index contributed by atoms with van der Waals surface area (Å²) < 4.78 is 5.12. The van der Waals surface area contributed by atoms with Gasteiger partial charge < -0.3 is 10.1 Å². The first-order chi connectivity index (χ1) is 7.22. The van der Waals surface area contributed by atoms with Gasteiger partial charge in [-0.3, -0.25) is 0 Å². The van der Waals surface area contributed by atoms with Crippen molar-refractivity contribution in [1.82, 2.24) is 5.32 Å². The minimum Gasteiger partial charge on any atom is -0.497 e. The summed E-state index contributed by atoms with van der Waals surface area (Å²) in [6, 6.07) is 6.16. The van der Waals surface area contributed by atoms with Crippen molar-refractivity contribution in [2.75, 3.05) is 14.2 Å². The third kappa shape index (κ3) is 3.11. The largest absolute Gasteiger partial charge is 0.497 e. The van der Waals surface area contributed by atoms with Crippen LogP contribution < -0.4 is 10.1 Å². The zero-order chi connectivity index (χ0) is 11.3. The molecule has 0 saturated carbocycles. The number of benzene rings is 1. The summed E-state index contributed by atoms with van der Waals surface area (Å²) in [4.78, 5) is 0. The SMILES string of the molecule is CCCC(NC)c1ccc(OC)cc1Cl. The molecule has 0 aliphatic rings. The first-order valence-electron chi connectivity index (χ1n) is 5.23. The molecule has 15 heavy (non-hydrogen) atoms. The zero-order valence-corrected chi connectivity index (χ0v) is 10.3. The van der Waals surface area contributed by atoms with Crippen molar-refractivity contribution in [3.05, 3.63) is 28.8 Å². The van der Waals surface area contributed by atoms with Gasteiger partial charge in [0.2, 0.25) is 0 Å². The van der Waals surface area contributed by atoms with Crippen LogP contribution in [-0.4, -0.2) is 14.2 Å². The van der Waals surface area contributed by atoms with Crippen LogP contribution in [0.5, 0.6) is 5.75 Å². The van der Waals surface area contributed by atoms with Gasteiger partial charge in [-0.2, -0.15) is 0 Å². The number of rotatable bonds is 5. The number of hydrogen-bond acceptors (Lipinski definition) is 2. The zero-order valence-electron chi connectivity index (χ0n) is 9.51. The molecular weight excluding hydrogens is 210 g/mol. The van der Waals surface area contributed by atoms with Gasteiger partial charge in [0.1, 0.15) is 5.75 Å². The van der Waals surface area contributed by atoms with Crippen molar-refractivity contribution in [2.45, 2.75) is 25.8 Å². The fraction of sp³-hybridized carbons (Fsp3) is 0.500. The minimum atomic E-state index is 0.327. The Labute approximate surface area is 96.6 Å². The van der Waals surface area contributed by atoms with Crippen LogP contribution in [0.15, 0.2) is 18.2 Å². The lowest BCUT2D eigenvalue weighted by Gasteiger charge is -2.17. The summed E-state index contributed by atoms with van der Waals surface area (Å²) in [6.45, 7) is 2.17. The summed E-state index contributed by atoms with van der Waals surface area (Å²) in [5.41, 5.74) is 1.14. The van der Waals surface area contributed by atoms with E-state index in [1.165, 1.54) is 0 Å². The molecular formula is C12H18ClNO. The predicted molar refractivity (Wildman–Crippen MR) is 64.7 cm³/mol. The van der Waals surface area contributed by atoms with Crippen molar-refractivity contribution in [3.8, 4) is 5.75 Å². The number of methoxy groups -OCH3 is 1. The van der Waals surface area contributed by atoms with Gasteiger partial charge in [-0.05, 0) is 31.2 Å². The van der Waals surface area contributed by atoms with Crippen molar-refractivity contribution in [2.24, 2.45) is 0 Å². The van der Waals surface area contributed by atoms with Crippen molar-refractivity contribution in [1.29, 1.82) is 0 Å². The second kappa shape index (κ2) is 5.99. The molecule has 0 aliphatic heterocycles. The second-order valence-corrected chi connectivity index (χ2v) is 3.92. The number of ether oxygens (including phenoxy) is 1. The second-order valence-electron chi connectivity index (χ2n) is 3.52. The van der Waals surface area contributed by atoms with Gasteiger partial charge in [0.15, 0.2) is 0 Å². The van der Waals surface area contributed by atoms with Gasteiger partial charge in [0, 0.05) is 11.1 Å². The Morgan fingerprint density at radius 2 is 2.20 bits per heavy atom. The Kier molecular flexibility index (Phi) is 4.92. The first-order valence-corrected chi connectivity index (χ1v) is 5.61. The molecule has 2 nitrogen and oxygen atoms in total. The fourth-order valence-electron chi connectivity index (χ4n) is 1.66. The monoisotopic (exact) mass is 227 g/mol. The van der Waals surface area contributed by atoms with E-state index in [9.17, 15) is 0 Å². The lowest BCUT2D eigenvalue weighted by Crippen LogP contribution is -2.16. The molecule has 0 bridgehead atoms. The molecule has 0 aromatic heterocycles. The van der Waals surface area contributed by atoms with Crippen LogP contribution in [-0.2, 0) is 0 Å². The fourth-order valence-corrected chi connectivity index (χ4v) is 1.96. The van der Waals surface area contributed by atoms with Gasteiger partial charge in [0.25, 0.3) is 0 Å². The van der Waals surface area contributed by atoms with E-state index in [1.807, 2.05) is 25.2 Å². The number of hydrogen-bond donors (Lipinski definition) is 1. The molecule has 84 valence electrons. The number of halogens is 1. The summed E-state index contributed by atoms with van der Waals surface area (Å²) >= 11 is 6.20. The Balaban J connectivity index is 2.92. The van der Waals surface area contributed by atoms with Crippen molar-refractivity contribution in [3.63, 3.8) is 0 Å². The van der Waals surface area contributed by atoms with Gasteiger partial charge in [-0.15, -0.1) is 0 Å². The summed E-state index contributed by atoms with van der Waals surface area (Å²) in [7, 11) is 3.60. The Morgan fingerprint density at radius 1 is 1.47 bits per heavy atom. The summed E-state index contributed by atoms with van der Waals surface area (Å²) in [6.07, 6.45) is 2.22. The quantitative estimate of drug-likeness (QED) is 0.833. The maximum absolute atomic E-state index is 6.20. The van der Waals surface area contributed by atoms with Crippen LogP contribution in [0.2, 0.25) is 5.02 Å². The lowest BCUT2D eigenvalue weighted by atomic mass is 10.0. The topological polar surface area (TPSA) is 21.3 Å². The van der Waals surface area contributed by atoms with Crippen LogP contribution >= 0.6 is 11.6 Å². The normalized spacial score (nSPS) is 12.5. The molecule has 1 rings (SSSR count). The van der Waals surface area contributed by atoms with Crippen molar-refractivity contribution < 1.29 is 4.74 Å². The molecule has 1 aromatic rings. The Morgan fingerprint density at radius 3 is 2.67 bits per heavy atom. The number of nitrogens with one attached hydrogen (secondary N) is 1. The molecule has 1 atom stereocenters. The molecule has 0 amide bonds. The molecule has 0 saturated heterocycles. The summed E-state index contributed by atoms with van der Waals surface area (Å²) in [5, 5.41) is 4.04. The molecule has 1 unspecified atom stereocenters. The Bertz CT molecular complexity index is 314. The molecule has 0 heterocycles. The molecule has 3 heteroatoms. The Hall–Kier alpha value is -0.730. The smallest absolute Gasteiger partial charge is 0.120 e. The highest BCUT2D eigenvalue weighted by atomic mass is 35.5. The van der Waals surface area contributed by atoms with Crippen LogP contribution in [0, 0.1) is 0 Å². The van der Waals surface area contributed by atoms with Crippen LogP contribution in [0.4, 0.5) is 0 Å². The highest BCUT2D eigenvalue weighted by molar-refractivity contribution is 6.31. The maximum Gasteiger partial charge on any atom is 0.120 e. The average molecular weight is 228 g/mol. The molecule has 1 N–H and O–H groups in total. The maximum atomic E-state index is 6.20. The average Bonchev–Trinajstić information content (AvgIpc) is 2.26. The lowest BCUT2D eigenvalue weighted by molar-refractivity contribution is 0.414. The highest BCUT2D eigenvalue weighted by Crippen LogP contribution is 2.29. The van der Waals surface area contributed by atoms with E-state index < -0.39 is 0 Å². The van der Waals surface area contributed by atoms with Gasteiger partial charge >= 0.3 is 0 Å². The molecule has 0 fully saturated rings. The van der Waals surface area contributed by atoms with Gasteiger partial charge in [-0.1, -0.05) is 31.0 Å². The van der Waals surface area contributed by atoms with E-state index in [1.54, 1.807) is 7.11 Å². The molecule has 0 radical (unpaired) electrons. The molecule has 0 aliphatic carbocycles. The van der Waals surface area contributed by atoms with E-state index in [-0.39, 0.29) is 0 Å². The van der Waals surface area contributed by atoms with Crippen LogP contribution in [0.25, 0.3) is 0 Å². The standard InChI is InChI=1S/C12H18ClNO/c1-4-5-12(14-2)10-7-6-9(15-3)8-11(10)13/h6-8,12,14H,4-5H2,1-3H3. The van der Waals surface area contributed by atoms with Crippen molar-refractivity contribution >= 4 is 11.6 Å². The van der Waals surface area contributed by atoms with E-state index in [0.29, 0.717) is 6.04 Å². The van der Waals surface area contributed by atoms with E-state index in [2.05, 4.69) is 12.2 Å². The minimum absolute atomic E-state index is 0.327. The molecule has 0 spiro atoms. The van der Waals surface area contributed by atoms with Gasteiger partial charge in [0.05, 0.1) is 7.11 Å². The third-order valence-electron chi connectivity index (χ3n) is 2.51. The third-order valence-corrected chi connectivity index (χ3v) is 2.84. The van der Waals surface area contributed by atoms with Crippen LogP contribution in [0.3, 0.4) is 0 Å². The van der Waals surface area contributed by atoms with E-state index >= 15 is 0 Å². The van der Waals surface area contributed by atoms with E-state index in [4.69, 9.17) is 16.3 Å². The van der Waals surface area contributed by atoms with Crippen LogP contribution in [0.1, 0.15) is 31.4 Å².